The molecule has 0 unspecified atom stereocenters. The molecule has 0 aromatic carbocycles. The van der Waals surface area contributed by atoms with E-state index >= 15 is 0 Å². The van der Waals surface area contributed by atoms with Gasteiger partial charge >= 0.3 is 0 Å². The number of carbonyl (C=O) groups is 1. The molecule has 2 aromatic rings. The number of nitrogens with zero attached hydrogens (tertiary/aromatic N) is 5. The van der Waals surface area contributed by atoms with Gasteiger partial charge in [0, 0.05) is 31.8 Å². The topological polar surface area (TPSA) is 73.1 Å². The molecule has 3 heterocycles. The summed E-state index contributed by atoms with van der Waals surface area (Å²) in [5.74, 6) is 3.08. The number of pyridine rings is 1. The molecule has 1 aliphatic carbocycles. The van der Waals surface area contributed by atoms with E-state index in [4.69, 9.17) is 4.74 Å². The quantitative estimate of drug-likeness (QED) is 0.835. The second kappa shape index (κ2) is 6.22. The van der Waals surface area contributed by atoms with Crippen LogP contribution in [0, 0.1) is 5.92 Å². The second-order valence-corrected chi connectivity index (χ2v) is 6.40. The smallest absolute Gasteiger partial charge is 0.255 e. The van der Waals surface area contributed by atoms with Gasteiger partial charge in [-0.05, 0) is 24.8 Å². The van der Waals surface area contributed by atoms with Crippen LogP contribution in [-0.4, -0.2) is 43.7 Å². The molecule has 0 bridgehead atoms. The molecule has 1 saturated carbocycles. The Balaban J connectivity index is 1.41. The average molecular weight is 327 g/mol. The number of aromatic nitrogens is 4. The van der Waals surface area contributed by atoms with Crippen molar-refractivity contribution < 1.29 is 9.53 Å². The van der Waals surface area contributed by atoms with Gasteiger partial charge < -0.3 is 14.2 Å². The molecule has 7 nitrogen and oxygen atoms in total. The fourth-order valence-corrected chi connectivity index (χ4v) is 2.92. The predicted molar refractivity (Wildman–Crippen MR) is 86.6 cm³/mol. The molecule has 2 aliphatic rings. The summed E-state index contributed by atoms with van der Waals surface area (Å²) in [6.07, 6.45) is 4.94. The van der Waals surface area contributed by atoms with E-state index in [1.807, 2.05) is 0 Å². The monoisotopic (exact) mass is 327 g/mol. The van der Waals surface area contributed by atoms with Crippen LogP contribution in [0.2, 0.25) is 0 Å². The van der Waals surface area contributed by atoms with Crippen LogP contribution in [0.1, 0.15) is 41.8 Å². The zero-order chi connectivity index (χ0) is 16.5. The minimum absolute atomic E-state index is 0.0245. The van der Waals surface area contributed by atoms with Crippen LogP contribution < -0.4 is 4.74 Å². The summed E-state index contributed by atoms with van der Waals surface area (Å²) in [5, 5.41) is 8.38. The van der Waals surface area contributed by atoms with Gasteiger partial charge in [-0.15, -0.1) is 10.2 Å². The lowest BCUT2D eigenvalue weighted by Crippen LogP contribution is -2.38. The molecule has 0 radical (unpaired) electrons. The first-order chi connectivity index (χ1) is 11.7. The summed E-state index contributed by atoms with van der Waals surface area (Å²) >= 11 is 0. The van der Waals surface area contributed by atoms with Crippen molar-refractivity contribution in [2.75, 3.05) is 13.2 Å². The van der Waals surface area contributed by atoms with Gasteiger partial charge in [-0.3, -0.25) is 4.79 Å². The molecule has 2 aromatic heterocycles. The number of amides is 1. The summed E-state index contributed by atoms with van der Waals surface area (Å²) in [7, 11) is 0. The van der Waals surface area contributed by atoms with Gasteiger partial charge in [0.15, 0.2) is 5.82 Å². The van der Waals surface area contributed by atoms with Crippen molar-refractivity contribution in [3.05, 3.63) is 35.5 Å². The highest BCUT2D eigenvalue weighted by Gasteiger charge is 2.25. The van der Waals surface area contributed by atoms with Crippen molar-refractivity contribution in [2.24, 2.45) is 5.92 Å². The largest absolute Gasteiger partial charge is 0.477 e. The van der Waals surface area contributed by atoms with Crippen molar-refractivity contribution >= 4 is 5.91 Å². The van der Waals surface area contributed by atoms with E-state index in [2.05, 4.69) is 26.7 Å². The van der Waals surface area contributed by atoms with Crippen molar-refractivity contribution in [3.8, 4) is 5.88 Å². The van der Waals surface area contributed by atoms with E-state index in [1.54, 1.807) is 23.2 Å². The number of carbonyl (C=O) groups excluding carboxylic acids is 1. The lowest BCUT2D eigenvalue weighted by Gasteiger charge is -2.27. The van der Waals surface area contributed by atoms with Crippen LogP contribution in [0.25, 0.3) is 0 Å². The molecule has 1 aliphatic heterocycles. The van der Waals surface area contributed by atoms with Crippen molar-refractivity contribution in [1.82, 2.24) is 24.6 Å². The molecular weight excluding hydrogens is 306 g/mol. The van der Waals surface area contributed by atoms with Gasteiger partial charge in [-0.2, -0.15) is 0 Å². The first-order valence-electron chi connectivity index (χ1n) is 8.53. The Bertz CT molecular complexity index is 736. The minimum atomic E-state index is -0.0245. The minimum Gasteiger partial charge on any atom is -0.477 e. The first kappa shape index (κ1) is 15.1. The third-order valence-corrected chi connectivity index (χ3v) is 4.58. The van der Waals surface area contributed by atoms with E-state index in [9.17, 15) is 4.79 Å². The number of aryl methyl sites for hydroxylation is 1. The predicted octanol–water partition coefficient (Wildman–Crippen LogP) is 1.68. The molecular formula is C17H21N5O2. The van der Waals surface area contributed by atoms with E-state index in [0.29, 0.717) is 30.5 Å². The lowest BCUT2D eigenvalue weighted by atomic mass is 10.2. The molecule has 0 atom stereocenters. The van der Waals surface area contributed by atoms with Gasteiger partial charge in [0.1, 0.15) is 5.82 Å². The summed E-state index contributed by atoms with van der Waals surface area (Å²) in [6.45, 7) is 4.69. The third kappa shape index (κ3) is 2.98. The fourth-order valence-electron chi connectivity index (χ4n) is 2.92. The summed E-state index contributed by atoms with van der Waals surface area (Å²) in [4.78, 5) is 18.7. The van der Waals surface area contributed by atoms with Crippen LogP contribution in [0.4, 0.5) is 0 Å². The number of ether oxygens (including phenoxy) is 1. The van der Waals surface area contributed by atoms with Crippen molar-refractivity contribution in [2.45, 2.75) is 39.3 Å². The molecule has 0 spiro atoms. The Morgan fingerprint density at radius 3 is 2.88 bits per heavy atom. The van der Waals surface area contributed by atoms with Gasteiger partial charge in [0.05, 0.1) is 18.7 Å². The van der Waals surface area contributed by atoms with Gasteiger partial charge in [-0.25, -0.2) is 4.98 Å². The number of rotatable bonds is 5. The Morgan fingerprint density at radius 2 is 2.17 bits per heavy atom. The Morgan fingerprint density at radius 1 is 1.29 bits per heavy atom. The molecule has 0 saturated heterocycles. The molecule has 0 N–H and O–H groups in total. The molecule has 1 fully saturated rings. The average Bonchev–Trinajstić information content (AvgIpc) is 3.37. The number of hydrogen-bond acceptors (Lipinski definition) is 5. The Kier molecular flexibility index (Phi) is 3.92. The van der Waals surface area contributed by atoms with Crippen LogP contribution in [0.5, 0.6) is 5.88 Å². The molecule has 126 valence electrons. The van der Waals surface area contributed by atoms with E-state index in [1.165, 1.54) is 12.8 Å². The SMILES string of the molecule is CCc1nnc2n1CCN(C(=O)c1ccc(OCC3CC3)nc1)C2. The van der Waals surface area contributed by atoms with Gasteiger partial charge in [0.25, 0.3) is 5.91 Å². The standard InChI is InChI=1S/C17H21N5O2/c1-2-14-19-20-15-10-21(7-8-22(14)15)17(23)13-5-6-16(18-9-13)24-11-12-3-4-12/h5-6,9,12H,2-4,7-8,10-11H2,1H3. The van der Waals surface area contributed by atoms with Crippen LogP contribution in [-0.2, 0) is 19.5 Å². The van der Waals surface area contributed by atoms with Crippen LogP contribution in [0.15, 0.2) is 18.3 Å². The van der Waals surface area contributed by atoms with Crippen molar-refractivity contribution in [1.29, 1.82) is 0 Å². The maximum absolute atomic E-state index is 12.7. The number of hydrogen-bond donors (Lipinski definition) is 0. The van der Waals surface area contributed by atoms with E-state index in [0.717, 1.165) is 31.2 Å². The zero-order valence-electron chi connectivity index (χ0n) is 13.8. The highest BCUT2D eigenvalue weighted by molar-refractivity contribution is 5.94. The first-order valence-corrected chi connectivity index (χ1v) is 8.53. The molecule has 24 heavy (non-hydrogen) atoms. The Labute approximate surface area is 140 Å². The maximum atomic E-state index is 12.7. The van der Waals surface area contributed by atoms with Gasteiger partial charge in [-0.1, -0.05) is 6.92 Å². The van der Waals surface area contributed by atoms with Crippen LogP contribution >= 0.6 is 0 Å². The van der Waals surface area contributed by atoms with Crippen molar-refractivity contribution in [3.63, 3.8) is 0 Å². The van der Waals surface area contributed by atoms with Gasteiger partial charge in [0.2, 0.25) is 5.88 Å². The molecule has 7 heteroatoms. The van der Waals surface area contributed by atoms with E-state index < -0.39 is 0 Å². The fraction of sp³-hybridized carbons (Fsp3) is 0.529. The Hall–Kier alpha value is -2.44. The lowest BCUT2D eigenvalue weighted by molar-refractivity contribution is 0.0706. The highest BCUT2D eigenvalue weighted by atomic mass is 16.5. The van der Waals surface area contributed by atoms with Crippen LogP contribution in [0.3, 0.4) is 0 Å². The summed E-state index contributed by atoms with van der Waals surface area (Å²) < 4.78 is 7.72. The highest BCUT2D eigenvalue weighted by Crippen LogP contribution is 2.29. The van der Waals surface area contributed by atoms with E-state index in [-0.39, 0.29) is 5.91 Å². The molecule has 1 amide bonds. The molecule has 4 rings (SSSR count). The third-order valence-electron chi connectivity index (χ3n) is 4.58. The summed E-state index contributed by atoms with van der Waals surface area (Å²) in [6, 6.07) is 3.56. The summed E-state index contributed by atoms with van der Waals surface area (Å²) in [5.41, 5.74) is 0.581. The zero-order valence-corrected chi connectivity index (χ0v) is 13.8. The second-order valence-electron chi connectivity index (χ2n) is 6.40. The number of fused-ring (bicyclic) bond motifs is 1. The maximum Gasteiger partial charge on any atom is 0.255 e. The normalized spacial score (nSPS) is 16.8.